The van der Waals surface area contributed by atoms with Crippen LogP contribution in [-0.4, -0.2) is 40.5 Å². The average Bonchev–Trinajstić information content (AvgIpc) is 3.04. The molecule has 0 saturated heterocycles. The number of alkyl halides is 3. The number of fused-ring (bicyclic) bond motifs is 1. The van der Waals surface area contributed by atoms with E-state index in [1.54, 1.807) is 31.2 Å². The second kappa shape index (κ2) is 7.97. The zero-order valence-electron chi connectivity index (χ0n) is 14.6. The van der Waals surface area contributed by atoms with E-state index in [9.17, 15) is 22.8 Å². The number of hydrogen-bond acceptors (Lipinski definition) is 5. The first kappa shape index (κ1) is 20.4. The first-order valence-corrected chi connectivity index (χ1v) is 9.36. The molecule has 0 aliphatic carbocycles. The number of benzene rings is 1. The molecule has 2 N–H and O–H groups in total. The van der Waals surface area contributed by atoms with Crippen molar-refractivity contribution in [1.82, 2.24) is 9.78 Å². The molecule has 150 valence electrons. The van der Waals surface area contributed by atoms with Crippen molar-refractivity contribution in [2.24, 2.45) is 0 Å². The molecule has 1 amide bonds. The first-order chi connectivity index (χ1) is 13.1. The van der Waals surface area contributed by atoms with Crippen molar-refractivity contribution in [1.29, 1.82) is 0 Å². The average molecular weight is 508 g/mol. The van der Waals surface area contributed by atoms with E-state index >= 15 is 0 Å². The Morgan fingerprint density at radius 2 is 2.04 bits per heavy atom. The van der Waals surface area contributed by atoms with Crippen LogP contribution in [0.25, 0.3) is 0 Å². The molecular formula is C17H16F3IN4O3. The fraction of sp³-hybridized carbons (Fsp3) is 0.353. The molecule has 1 aromatic carbocycles. The van der Waals surface area contributed by atoms with Gasteiger partial charge in [-0.1, -0.05) is 0 Å². The van der Waals surface area contributed by atoms with E-state index in [-0.39, 0.29) is 17.9 Å². The van der Waals surface area contributed by atoms with Crippen molar-refractivity contribution in [3.63, 3.8) is 0 Å². The van der Waals surface area contributed by atoms with Crippen LogP contribution in [0.5, 0.6) is 0 Å². The van der Waals surface area contributed by atoms with Gasteiger partial charge in [0.05, 0.1) is 0 Å². The summed E-state index contributed by atoms with van der Waals surface area (Å²) < 4.78 is 46.3. The number of anilines is 2. The summed E-state index contributed by atoms with van der Waals surface area (Å²) in [5.74, 6) is -1.47. The highest BCUT2D eigenvalue weighted by molar-refractivity contribution is 14.1. The number of nitrogens with zero attached hydrogens (tertiary/aromatic N) is 2. The fourth-order valence-electron chi connectivity index (χ4n) is 2.79. The molecule has 7 nitrogen and oxygen atoms in total. The first-order valence-electron chi connectivity index (χ1n) is 8.29. The molecule has 11 heteroatoms. The second-order valence-corrected chi connectivity index (χ2v) is 7.57. The van der Waals surface area contributed by atoms with Crippen molar-refractivity contribution >= 4 is 46.0 Å². The predicted octanol–water partition coefficient (Wildman–Crippen LogP) is 3.59. The van der Waals surface area contributed by atoms with Crippen molar-refractivity contribution in [3.05, 3.63) is 39.6 Å². The molecule has 1 aliphatic heterocycles. The highest BCUT2D eigenvalue weighted by Crippen LogP contribution is 2.39. The Kier molecular flexibility index (Phi) is 5.82. The van der Waals surface area contributed by atoms with Gasteiger partial charge in [-0.15, -0.1) is 0 Å². The van der Waals surface area contributed by atoms with Gasteiger partial charge in [-0.05, 0) is 60.2 Å². The van der Waals surface area contributed by atoms with E-state index in [0.717, 1.165) is 8.25 Å². The maximum absolute atomic E-state index is 13.2. The zero-order valence-corrected chi connectivity index (χ0v) is 16.7. The molecule has 1 aromatic heterocycles. The smallest absolute Gasteiger partial charge is 0.410 e. The fourth-order valence-corrected chi connectivity index (χ4v) is 3.15. The minimum absolute atomic E-state index is 0.0800. The van der Waals surface area contributed by atoms with Gasteiger partial charge in [0.2, 0.25) is 0 Å². The van der Waals surface area contributed by atoms with Gasteiger partial charge in [-0.2, -0.15) is 18.3 Å². The number of ether oxygens (including phenoxy) is 1. The van der Waals surface area contributed by atoms with E-state index in [1.165, 1.54) is 6.07 Å². The maximum Gasteiger partial charge on any atom is 0.410 e. The van der Waals surface area contributed by atoms with E-state index < -0.39 is 36.7 Å². The van der Waals surface area contributed by atoms with Gasteiger partial charge >= 0.3 is 12.1 Å². The Balaban J connectivity index is 1.64. The van der Waals surface area contributed by atoms with Gasteiger partial charge in [-0.3, -0.25) is 4.79 Å². The van der Waals surface area contributed by atoms with Crippen LogP contribution in [0.3, 0.4) is 0 Å². The standard InChI is InChI=1S/C17H16F3IN4O3/c1-9-6-13(17(18,19)20)25-14(22-9)7-12(24-25)16(27)28-8-15(26)23-11-4-2-10(21)3-5-11/h2-5,7,9,13,22H,6,8H2,1H3,(H,23,26)/t9-,13+/m0/s1. The Morgan fingerprint density at radius 1 is 1.36 bits per heavy atom. The minimum atomic E-state index is -4.49. The van der Waals surface area contributed by atoms with Crippen molar-refractivity contribution in [2.45, 2.75) is 31.6 Å². The van der Waals surface area contributed by atoms with Crippen molar-refractivity contribution in [3.8, 4) is 0 Å². The molecule has 0 unspecified atom stereocenters. The molecule has 0 saturated carbocycles. The number of rotatable bonds is 4. The molecule has 0 bridgehead atoms. The Morgan fingerprint density at radius 3 is 2.68 bits per heavy atom. The van der Waals surface area contributed by atoms with Gasteiger partial charge in [0, 0.05) is 21.4 Å². The number of nitrogens with one attached hydrogen (secondary N) is 2. The summed E-state index contributed by atoms with van der Waals surface area (Å²) in [6.07, 6.45) is -4.70. The largest absolute Gasteiger partial charge is 0.451 e. The summed E-state index contributed by atoms with van der Waals surface area (Å²) in [5, 5.41) is 9.14. The molecule has 0 radical (unpaired) electrons. The lowest BCUT2D eigenvalue weighted by molar-refractivity contribution is -0.173. The van der Waals surface area contributed by atoms with Crippen molar-refractivity contribution < 1.29 is 27.5 Å². The molecule has 1 aliphatic rings. The lowest BCUT2D eigenvalue weighted by Crippen LogP contribution is -2.37. The van der Waals surface area contributed by atoms with Crippen LogP contribution in [0.2, 0.25) is 0 Å². The normalized spacial score (nSPS) is 18.8. The molecule has 28 heavy (non-hydrogen) atoms. The lowest BCUT2D eigenvalue weighted by Gasteiger charge is -2.31. The lowest BCUT2D eigenvalue weighted by atomic mass is 10.1. The van der Waals surface area contributed by atoms with E-state index in [2.05, 4.69) is 38.3 Å². The third-order valence-corrected chi connectivity index (χ3v) is 4.77. The van der Waals surface area contributed by atoms with Crippen LogP contribution in [0.4, 0.5) is 24.7 Å². The number of esters is 1. The quantitative estimate of drug-likeness (QED) is 0.488. The number of hydrogen-bond donors (Lipinski definition) is 2. The number of carbonyl (C=O) groups excluding carboxylic acids is 2. The van der Waals surface area contributed by atoms with Crippen LogP contribution in [0.15, 0.2) is 30.3 Å². The predicted molar refractivity (Wildman–Crippen MR) is 103 cm³/mol. The third kappa shape index (κ3) is 4.75. The van der Waals surface area contributed by atoms with Gasteiger partial charge in [0.25, 0.3) is 5.91 Å². The minimum Gasteiger partial charge on any atom is -0.451 e. The highest BCUT2D eigenvalue weighted by atomic mass is 127. The van der Waals surface area contributed by atoms with Crippen LogP contribution in [-0.2, 0) is 9.53 Å². The van der Waals surface area contributed by atoms with Gasteiger partial charge in [-0.25, -0.2) is 9.48 Å². The summed E-state index contributed by atoms with van der Waals surface area (Å²) in [6, 6.07) is 5.90. The Hall–Kier alpha value is -2.31. The number of carbonyl (C=O) groups is 2. The number of aromatic nitrogens is 2. The Labute approximate surface area is 171 Å². The van der Waals surface area contributed by atoms with Crippen molar-refractivity contribution in [2.75, 3.05) is 17.2 Å². The summed E-state index contributed by atoms with van der Waals surface area (Å²) in [5.41, 5.74) is 0.234. The summed E-state index contributed by atoms with van der Waals surface area (Å²) in [4.78, 5) is 24.0. The number of amides is 1. The monoisotopic (exact) mass is 508 g/mol. The zero-order chi connectivity index (χ0) is 20.5. The van der Waals surface area contributed by atoms with E-state index in [0.29, 0.717) is 5.69 Å². The second-order valence-electron chi connectivity index (χ2n) is 6.33. The number of halogens is 4. The molecule has 3 rings (SSSR count). The van der Waals surface area contributed by atoms with Crippen LogP contribution in [0, 0.1) is 3.57 Å². The summed E-state index contributed by atoms with van der Waals surface area (Å²) in [7, 11) is 0. The van der Waals surface area contributed by atoms with Crippen LogP contribution < -0.4 is 10.6 Å². The molecule has 2 heterocycles. The topological polar surface area (TPSA) is 85.2 Å². The van der Waals surface area contributed by atoms with Crippen LogP contribution >= 0.6 is 22.6 Å². The van der Waals surface area contributed by atoms with Gasteiger partial charge in [0.1, 0.15) is 5.82 Å². The van der Waals surface area contributed by atoms with Crippen LogP contribution in [0.1, 0.15) is 29.9 Å². The third-order valence-electron chi connectivity index (χ3n) is 4.05. The van der Waals surface area contributed by atoms with Gasteiger partial charge < -0.3 is 15.4 Å². The molecule has 2 aromatic rings. The van der Waals surface area contributed by atoms with E-state index in [1.807, 2.05) is 0 Å². The molecule has 0 fully saturated rings. The molecule has 0 spiro atoms. The van der Waals surface area contributed by atoms with Gasteiger partial charge in [0.15, 0.2) is 18.3 Å². The summed E-state index contributed by atoms with van der Waals surface area (Å²) in [6.45, 7) is 1.03. The molecule has 2 atom stereocenters. The molecular weight excluding hydrogens is 492 g/mol. The maximum atomic E-state index is 13.2. The Bertz CT molecular complexity index is 883. The SMILES string of the molecule is C[C@H]1C[C@H](C(F)(F)F)n2nc(C(=O)OCC(=O)Nc3ccc(I)cc3)cc2N1. The van der Waals surface area contributed by atoms with E-state index in [4.69, 9.17) is 4.74 Å². The summed E-state index contributed by atoms with van der Waals surface area (Å²) >= 11 is 2.12. The highest BCUT2D eigenvalue weighted by Gasteiger charge is 2.45.